The van der Waals surface area contributed by atoms with Crippen LogP contribution in [-0.2, 0) is 0 Å². The van der Waals surface area contributed by atoms with Crippen molar-refractivity contribution in [3.05, 3.63) is 52.9 Å². The van der Waals surface area contributed by atoms with Gasteiger partial charge in [-0.1, -0.05) is 42.0 Å². The summed E-state index contributed by atoms with van der Waals surface area (Å²) in [4.78, 5) is 3.33. The molecule has 0 fully saturated rings. The van der Waals surface area contributed by atoms with Crippen molar-refractivity contribution >= 4 is 6.08 Å². The van der Waals surface area contributed by atoms with Gasteiger partial charge in [-0.05, 0) is 12.5 Å². The van der Waals surface area contributed by atoms with E-state index in [2.05, 4.69) is 30.0 Å². The first-order chi connectivity index (χ1) is 6.33. The number of rotatable bonds is 3. The Bertz CT molecular complexity index is 317. The molecule has 0 amide bonds. The summed E-state index contributed by atoms with van der Waals surface area (Å²) in [5.74, 6) is 0. The molecule has 0 aliphatic rings. The van der Waals surface area contributed by atoms with Crippen molar-refractivity contribution in [1.82, 2.24) is 0 Å². The third-order valence-corrected chi connectivity index (χ3v) is 1.83. The minimum Gasteiger partial charge on any atom is -0.317 e. The molecule has 1 nitrogen and oxygen atoms in total. The molecule has 0 saturated heterocycles. The summed E-state index contributed by atoms with van der Waals surface area (Å²) >= 11 is 0. The lowest BCUT2D eigenvalue weighted by Gasteiger charge is -1.95. The van der Waals surface area contributed by atoms with Gasteiger partial charge in [-0.3, -0.25) is 0 Å². The Kier molecular flexibility index (Phi) is 3.78. The van der Waals surface area contributed by atoms with Gasteiger partial charge in [0.2, 0.25) is 6.54 Å². The second-order valence-electron chi connectivity index (χ2n) is 3.03. The highest BCUT2D eigenvalue weighted by Gasteiger charge is 1.92. The zero-order valence-corrected chi connectivity index (χ0v) is 7.83. The van der Waals surface area contributed by atoms with Crippen LogP contribution in [0.25, 0.3) is 10.9 Å². The van der Waals surface area contributed by atoms with Crippen LogP contribution < -0.4 is 0 Å². The fraction of sp³-hybridized carbons (Fsp3) is 0.250. The zero-order valence-electron chi connectivity index (χ0n) is 7.83. The summed E-state index contributed by atoms with van der Waals surface area (Å²) in [5, 5.41) is 0. The van der Waals surface area contributed by atoms with Gasteiger partial charge >= 0.3 is 0 Å². The van der Waals surface area contributed by atoms with Crippen LogP contribution in [0, 0.1) is 6.57 Å². The molecule has 0 heterocycles. The molecule has 1 heteroatoms. The van der Waals surface area contributed by atoms with E-state index >= 15 is 0 Å². The highest BCUT2D eigenvalue weighted by atomic mass is 14.6. The molecule has 0 radical (unpaired) electrons. The third-order valence-electron chi connectivity index (χ3n) is 1.83. The summed E-state index contributed by atoms with van der Waals surface area (Å²) in [7, 11) is 0. The highest BCUT2D eigenvalue weighted by molar-refractivity contribution is 5.51. The van der Waals surface area contributed by atoms with Gasteiger partial charge in [0, 0.05) is 6.42 Å². The Morgan fingerprint density at radius 1 is 1.38 bits per heavy atom. The molecule has 0 spiro atoms. The molecule has 1 aromatic rings. The van der Waals surface area contributed by atoms with E-state index in [0.717, 1.165) is 6.42 Å². The van der Waals surface area contributed by atoms with Crippen LogP contribution in [0.2, 0.25) is 0 Å². The molecule has 0 atom stereocenters. The standard InChI is InChI=1S/C12H13N/c1-11(8-9-13-2)10-12-6-4-3-5-7-12/h3-7,10H,8-9H2,1H3/b11-10+. The van der Waals surface area contributed by atoms with Crippen LogP contribution in [0.3, 0.4) is 0 Å². The summed E-state index contributed by atoms with van der Waals surface area (Å²) in [6.45, 7) is 9.33. The number of nitrogens with zero attached hydrogens (tertiary/aromatic N) is 1. The quantitative estimate of drug-likeness (QED) is 0.614. The minimum atomic E-state index is 0.592. The van der Waals surface area contributed by atoms with E-state index in [1.807, 2.05) is 18.2 Å². The first-order valence-corrected chi connectivity index (χ1v) is 4.38. The average molecular weight is 171 g/mol. The van der Waals surface area contributed by atoms with E-state index in [1.165, 1.54) is 11.1 Å². The molecular weight excluding hydrogens is 158 g/mol. The maximum absolute atomic E-state index is 6.67. The van der Waals surface area contributed by atoms with Crippen molar-refractivity contribution in [2.45, 2.75) is 13.3 Å². The maximum atomic E-state index is 6.67. The lowest BCUT2D eigenvalue weighted by molar-refractivity contribution is 1.06. The summed E-state index contributed by atoms with van der Waals surface area (Å²) in [6.07, 6.45) is 3.00. The molecule has 0 aliphatic heterocycles. The fourth-order valence-electron chi connectivity index (χ4n) is 1.14. The Morgan fingerprint density at radius 3 is 2.69 bits per heavy atom. The first kappa shape index (κ1) is 9.54. The SMILES string of the molecule is [C-]#[N+]CC/C(C)=C/c1ccccc1. The van der Waals surface area contributed by atoms with Crippen molar-refractivity contribution in [1.29, 1.82) is 0 Å². The normalized spacial score (nSPS) is 10.9. The fourth-order valence-corrected chi connectivity index (χ4v) is 1.14. The number of hydrogen-bond acceptors (Lipinski definition) is 0. The lowest BCUT2D eigenvalue weighted by atomic mass is 10.1. The summed E-state index contributed by atoms with van der Waals surface area (Å²) in [5.41, 5.74) is 2.48. The van der Waals surface area contributed by atoms with E-state index in [9.17, 15) is 0 Å². The van der Waals surface area contributed by atoms with Crippen LogP contribution in [0.4, 0.5) is 0 Å². The van der Waals surface area contributed by atoms with Crippen LogP contribution in [0.1, 0.15) is 18.9 Å². The Labute approximate surface area is 79.5 Å². The molecule has 66 valence electrons. The molecule has 0 N–H and O–H groups in total. The van der Waals surface area contributed by atoms with E-state index in [1.54, 1.807) is 0 Å². The van der Waals surface area contributed by atoms with Crippen LogP contribution >= 0.6 is 0 Å². The number of hydrogen-bond donors (Lipinski definition) is 0. The molecule has 0 aromatic heterocycles. The van der Waals surface area contributed by atoms with Gasteiger partial charge in [0.05, 0.1) is 0 Å². The Balaban J connectivity index is 2.61. The van der Waals surface area contributed by atoms with Crippen LogP contribution in [-0.4, -0.2) is 6.54 Å². The van der Waals surface area contributed by atoms with Crippen molar-refractivity contribution in [3.63, 3.8) is 0 Å². The summed E-state index contributed by atoms with van der Waals surface area (Å²) < 4.78 is 0. The van der Waals surface area contributed by atoms with Gasteiger partial charge in [-0.25, -0.2) is 6.57 Å². The topological polar surface area (TPSA) is 4.36 Å². The van der Waals surface area contributed by atoms with E-state index in [4.69, 9.17) is 6.57 Å². The van der Waals surface area contributed by atoms with Crippen molar-refractivity contribution < 1.29 is 0 Å². The van der Waals surface area contributed by atoms with Crippen molar-refractivity contribution in [2.24, 2.45) is 0 Å². The second kappa shape index (κ2) is 5.16. The molecule has 0 aliphatic carbocycles. The van der Waals surface area contributed by atoms with Gasteiger partial charge in [-0.15, -0.1) is 0 Å². The highest BCUT2D eigenvalue weighted by Crippen LogP contribution is 2.08. The van der Waals surface area contributed by atoms with E-state index in [0.29, 0.717) is 6.54 Å². The van der Waals surface area contributed by atoms with Crippen LogP contribution in [0.15, 0.2) is 35.9 Å². The lowest BCUT2D eigenvalue weighted by Crippen LogP contribution is -1.80. The van der Waals surface area contributed by atoms with E-state index < -0.39 is 0 Å². The molecular formula is C12H13N. The molecule has 0 bridgehead atoms. The smallest absolute Gasteiger partial charge is 0.218 e. The molecule has 1 aromatic carbocycles. The zero-order chi connectivity index (χ0) is 9.52. The first-order valence-electron chi connectivity index (χ1n) is 4.38. The Hall–Kier alpha value is -1.55. The average Bonchev–Trinajstić information content (AvgIpc) is 2.16. The predicted octanol–water partition coefficient (Wildman–Crippen LogP) is 3.40. The predicted molar refractivity (Wildman–Crippen MR) is 56.2 cm³/mol. The van der Waals surface area contributed by atoms with Gasteiger partial charge in [0.15, 0.2) is 0 Å². The maximum Gasteiger partial charge on any atom is 0.218 e. The molecule has 1 rings (SSSR count). The van der Waals surface area contributed by atoms with E-state index in [-0.39, 0.29) is 0 Å². The summed E-state index contributed by atoms with van der Waals surface area (Å²) in [6, 6.07) is 10.2. The monoisotopic (exact) mass is 171 g/mol. The Morgan fingerprint density at radius 2 is 2.08 bits per heavy atom. The van der Waals surface area contributed by atoms with Gasteiger partial charge in [-0.2, -0.15) is 0 Å². The molecule has 0 saturated carbocycles. The number of benzene rings is 1. The van der Waals surface area contributed by atoms with Gasteiger partial charge in [0.1, 0.15) is 0 Å². The minimum absolute atomic E-state index is 0.592. The van der Waals surface area contributed by atoms with Crippen molar-refractivity contribution in [3.8, 4) is 0 Å². The van der Waals surface area contributed by atoms with Crippen molar-refractivity contribution in [2.75, 3.05) is 6.54 Å². The van der Waals surface area contributed by atoms with Gasteiger partial charge in [0.25, 0.3) is 0 Å². The van der Waals surface area contributed by atoms with Gasteiger partial charge < -0.3 is 4.85 Å². The van der Waals surface area contributed by atoms with Crippen LogP contribution in [0.5, 0.6) is 0 Å². The molecule has 13 heavy (non-hydrogen) atoms. The largest absolute Gasteiger partial charge is 0.317 e. The molecule has 0 unspecified atom stereocenters. The second-order valence-corrected chi connectivity index (χ2v) is 3.03. The third kappa shape index (κ3) is 3.57.